The van der Waals surface area contributed by atoms with Gasteiger partial charge in [-0.15, -0.1) is 0 Å². The van der Waals surface area contributed by atoms with E-state index in [1.165, 1.54) is 49.8 Å². The van der Waals surface area contributed by atoms with Gasteiger partial charge in [0.05, 0.1) is 0 Å². The van der Waals surface area contributed by atoms with E-state index in [0.29, 0.717) is 5.92 Å². The summed E-state index contributed by atoms with van der Waals surface area (Å²) in [5.41, 5.74) is 3.06. The van der Waals surface area contributed by atoms with Crippen LogP contribution in [0.25, 0.3) is 0 Å². The summed E-state index contributed by atoms with van der Waals surface area (Å²) in [5.74, 6) is 0.441. The van der Waals surface area contributed by atoms with Crippen molar-refractivity contribution in [2.24, 2.45) is 5.16 Å². The minimum atomic E-state index is -0.266. The van der Waals surface area contributed by atoms with Gasteiger partial charge in [-0.3, -0.25) is 0 Å². The van der Waals surface area contributed by atoms with Gasteiger partial charge in [0.25, 0.3) is 0 Å². The maximum atomic E-state index is 13.0. The molecule has 0 spiro atoms. The molecular formula is C20H21FNO. The highest BCUT2D eigenvalue weighted by Crippen LogP contribution is 2.32. The van der Waals surface area contributed by atoms with Crippen LogP contribution in [0, 0.1) is 5.82 Å². The van der Waals surface area contributed by atoms with Crippen LogP contribution in [-0.2, 0) is 11.4 Å². The van der Waals surface area contributed by atoms with Crippen LogP contribution in [-0.4, -0.2) is 6.21 Å². The van der Waals surface area contributed by atoms with E-state index >= 15 is 0 Å². The van der Waals surface area contributed by atoms with Crippen molar-refractivity contribution in [3.05, 3.63) is 71.0 Å². The Hall–Kier alpha value is -2.16. The van der Waals surface area contributed by atoms with E-state index < -0.39 is 0 Å². The largest absolute Gasteiger partial charge is 0.390 e. The Morgan fingerprint density at radius 2 is 1.83 bits per heavy atom. The third kappa shape index (κ3) is 4.65. The molecule has 2 aromatic carbocycles. The fraction of sp³-hybridized carbons (Fsp3) is 0.350. The van der Waals surface area contributed by atoms with Crippen LogP contribution < -0.4 is 0 Å². The number of benzene rings is 2. The molecule has 1 aliphatic carbocycles. The molecule has 1 aliphatic rings. The first-order valence-corrected chi connectivity index (χ1v) is 8.24. The summed E-state index contributed by atoms with van der Waals surface area (Å²) in [7, 11) is 0. The van der Waals surface area contributed by atoms with Crippen LogP contribution in [0.5, 0.6) is 0 Å². The molecule has 1 radical (unpaired) electrons. The second-order valence-electron chi connectivity index (χ2n) is 6.06. The Kier molecular flexibility index (Phi) is 5.41. The Bertz CT molecular complexity index is 645. The molecule has 1 saturated carbocycles. The summed E-state index contributed by atoms with van der Waals surface area (Å²) in [6.07, 6.45) is 9.52. The van der Waals surface area contributed by atoms with Crippen molar-refractivity contribution in [3.8, 4) is 0 Å². The second kappa shape index (κ2) is 7.91. The zero-order valence-electron chi connectivity index (χ0n) is 13.2. The summed E-state index contributed by atoms with van der Waals surface area (Å²) in [4.78, 5) is 5.17. The summed E-state index contributed by atoms with van der Waals surface area (Å²) in [6.45, 7) is 0.241. The Morgan fingerprint density at radius 1 is 1.04 bits per heavy atom. The highest BCUT2D eigenvalue weighted by Gasteiger charge is 2.14. The van der Waals surface area contributed by atoms with E-state index in [1.807, 2.05) is 12.1 Å². The van der Waals surface area contributed by atoms with Crippen LogP contribution in [0.4, 0.5) is 4.39 Å². The molecule has 0 atom stereocenters. The third-order valence-corrected chi connectivity index (χ3v) is 4.35. The van der Waals surface area contributed by atoms with Gasteiger partial charge in [0.2, 0.25) is 0 Å². The van der Waals surface area contributed by atoms with E-state index in [2.05, 4.69) is 23.5 Å². The Balaban J connectivity index is 1.51. The lowest BCUT2D eigenvalue weighted by Crippen LogP contribution is -2.04. The van der Waals surface area contributed by atoms with Crippen LogP contribution in [0.1, 0.15) is 54.7 Å². The topological polar surface area (TPSA) is 21.6 Å². The normalized spacial score (nSPS) is 15.9. The van der Waals surface area contributed by atoms with Gasteiger partial charge in [-0.1, -0.05) is 60.8 Å². The van der Waals surface area contributed by atoms with Gasteiger partial charge < -0.3 is 4.84 Å². The Labute approximate surface area is 137 Å². The summed E-state index contributed by atoms with van der Waals surface area (Å²) < 4.78 is 13.0. The fourth-order valence-corrected chi connectivity index (χ4v) is 3.08. The van der Waals surface area contributed by atoms with E-state index in [1.54, 1.807) is 12.1 Å². The van der Waals surface area contributed by atoms with Crippen LogP contribution in [0.3, 0.4) is 0 Å². The highest BCUT2D eigenvalue weighted by molar-refractivity contribution is 5.79. The van der Waals surface area contributed by atoms with Crippen LogP contribution >= 0.6 is 0 Å². The quantitative estimate of drug-likeness (QED) is 0.542. The van der Waals surface area contributed by atoms with Crippen LogP contribution in [0.15, 0.2) is 53.7 Å². The SMILES string of the molecule is Fc1cccc(CO/N=[C]\c2ccc(C3CCCCC3)cc2)c1. The summed E-state index contributed by atoms with van der Waals surface area (Å²) >= 11 is 0. The molecule has 0 N–H and O–H groups in total. The lowest BCUT2D eigenvalue weighted by molar-refractivity contribution is 0.132. The average molecular weight is 310 g/mol. The average Bonchev–Trinajstić information content (AvgIpc) is 2.60. The number of nitrogens with zero attached hydrogens (tertiary/aromatic N) is 1. The van der Waals surface area contributed by atoms with Crippen molar-refractivity contribution in [2.45, 2.75) is 44.6 Å². The van der Waals surface area contributed by atoms with E-state index in [4.69, 9.17) is 4.84 Å². The molecule has 0 aliphatic heterocycles. The molecule has 1 fully saturated rings. The molecule has 23 heavy (non-hydrogen) atoms. The number of halogens is 1. The van der Waals surface area contributed by atoms with Gasteiger partial charge in [-0.2, -0.15) is 0 Å². The van der Waals surface area contributed by atoms with E-state index in [9.17, 15) is 4.39 Å². The lowest BCUT2D eigenvalue weighted by atomic mass is 9.84. The molecule has 0 aromatic heterocycles. The first-order valence-electron chi connectivity index (χ1n) is 8.24. The van der Waals surface area contributed by atoms with Gasteiger partial charge in [-0.05, 0) is 42.0 Å². The molecule has 0 unspecified atom stereocenters. The van der Waals surface area contributed by atoms with Gasteiger partial charge >= 0.3 is 0 Å². The molecule has 2 nitrogen and oxygen atoms in total. The molecule has 3 heteroatoms. The molecular weight excluding hydrogens is 289 g/mol. The minimum absolute atomic E-state index is 0.241. The molecule has 3 rings (SSSR count). The number of hydrogen-bond acceptors (Lipinski definition) is 2. The van der Waals surface area contributed by atoms with Gasteiger partial charge in [-0.25, -0.2) is 4.39 Å². The molecule has 0 saturated heterocycles. The van der Waals surface area contributed by atoms with Gasteiger partial charge in [0.1, 0.15) is 18.6 Å². The number of hydrogen-bond donors (Lipinski definition) is 0. The zero-order chi connectivity index (χ0) is 15.9. The fourth-order valence-electron chi connectivity index (χ4n) is 3.08. The zero-order valence-corrected chi connectivity index (χ0v) is 13.2. The minimum Gasteiger partial charge on any atom is -0.390 e. The first kappa shape index (κ1) is 15.7. The summed E-state index contributed by atoms with van der Waals surface area (Å²) in [5, 5.41) is 3.84. The van der Waals surface area contributed by atoms with E-state index in [-0.39, 0.29) is 12.4 Å². The predicted molar refractivity (Wildman–Crippen MR) is 90.0 cm³/mol. The lowest BCUT2D eigenvalue weighted by Gasteiger charge is -2.21. The third-order valence-electron chi connectivity index (χ3n) is 4.35. The highest BCUT2D eigenvalue weighted by atomic mass is 19.1. The smallest absolute Gasteiger partial charge is 0.142 e. The van der Waals surface area contributed by atoms with Crippen molar-refractivity contribution in [1.29, 1.82) is 0 Å². The maximum Gasteiger partial charge on any atom is 0.142 e. The monoisotopic (exact) mass is 310 g/mol. The van der Waals surface area contributed by atoms with Crippen molar-refractivity contribution in [2.75, 3.05) is 0 Å². The molecule has 119 valence electrons. The van der Waals surface area contributed by atoms with Crippen LogP contribution in [0.2, 0.25) is 0 Å². The van der Waals surface area contributed by atoms with Gasteiger partial charge in [0.15, 0.2) is 0 Å². The standard InChI is InChI=1S/C20H21FNO/c21-20-8-4-5-17(13-20)15-23-22-14-16-9-11-19(12-10-16)18-6-2-1-3-7-18/h4-5,8-13,18H,1-3,6-7,15H2. The van der Waals surface area contributed by atoms with Gasteiger partial charge in [0, 0.05) is 5.56 Å². The first-order chi connectivity index (χ1) is 11.3. The van der Waals surface area contributed by atoms with Crippen molar-refractivity contribution >= 4 is 6.21 Å². The molecule has 0 heterocycles. The van der Waals surface area contributed by atoms with Crippen molar-refractivity contribution in [1.82, 2.24) is 0 Å². The second-order valence-corrected chi connectivity index (χ2v) is 6.06. The van der Waals surface area contributed by atoms with Crippen molar-refractivity contribution < 1.29 is 9.23 Å². The molecule has 2 aromatic rings. The molecule has 0 amide bonds. The predicted octanol–water partition coefficient (Wildman–Crippen LogP) is 5.30. The molecule has 0 bridgehead atoms. The Morgan fingerprint density at radius 3 is 2.57 bits per heavy atom. The van der Waals surface area contributed by atoms with Crippen molar-refractivity contribution in [3.63, 3.8) is 0 Å². The summed E-state index contributed by atoms with van der Waals surface area (Å²) in [6, 6.07) is 14.7. The number of rotatable bonds is 5. The van der Waals surface area contributed by atoms with E-state index in [0.717, 1.165) is 11.1 Å². The maximum absolute atomic E-state index is 13.0.